The Balaban J connectivity index is 2.20. The van der Waals surface area contributed by atoms with Crippen LogP contribution in [0, 0.1) is 18.7 Å². The second-order valence-corrected chi connectivity index (χ2v) is 5.98. The van der Waals surface area contributed by atoms with Gasteiger partial charge in [0.2, 0.25) is 5.91 Å². The van der Waals surface area contributed by atoms with Crippen molar-refractivity contribution in [3.8, 4) is 5.75 Å². The van der Waals surface area contributed by atoms with Crippen LogP contribution in [0.4, 0.5) is 15.8 Å². The van der Waals surface area contributed by atoms with E-state index in [0.717, 1.165) is 11.6 Å². The summed E-state index contributed by atoms with van der Waals surface area (Å²) in [6.45, 7) is 5.42. The number of carbonyl (C=O) groups is 2. The quantitative estimate of drug-likeness (QED) is 0.862. The van der Waals surface area contributed by atoms with Gasteiger partial charge in [0.15, 0.2) is 11.6 Å². The number of benzene rings is 2. The Morgan fingerprint density at radius 2 is 1.80 bits per heavy atom. The van der Waals surface area contributed by atoms with Gasteiger partial charge in [-0.25, -0.2) is 4.39 Å². The van der Waals surface area contributed by atoms with Gasteiger partial charge in [-0.2, -0.15) is 0 Å². The highest BCUT2D eigenvalue weighted by atomic mass is 19.1. The fraction of sp³-hybridized carbons (Fsp3) is 0.263. The summed E-state index contributed by atoms with van der Waals surface area (Å²) in [5.74, 6) is -1.24. The molecule has 0 aliphatic heterocycles. The second kappa shape index (κ2) is 7.79. The molecular weight excluding hydrogens is 323 g/mol. The number of nitrogens with one attached hydrogen (secondary N) is 2. The molecule has 2 amide bonds. The zero-order valence-corrected chi connectivity index (χ0v) is 14.6. The average molecular weight is 344 g/mol. The van der Waals surface area contributed by atoms with Crippen LogP contribution in [0.2, 0.25) is 0 Å². The maximum absolute atomic E-state index is 13.8. The number of halogens is 1. The van der Waals surface area contributed by atoms with Gasteiger partial charge in [-0.15, -0.1) is 0 Å². The molecule has 0 saturated carbocycles. The first-order valence-corrected chi connectivity index (χ1v) is 7.88. The molecule has 2 aromatic rings. The van der Waals surface area contributed by atoms with Crippen LogP contribution in [0.15, 0.2) is 36.4 Å². The first-order chi connectivity index (χ1) is 11.8. The molecule has 132 valence electrons. The molecule has 2 rings (SSSR count). The molecule has 0 bridgehead atoms. The van der Waals surface area contributed by atoms with Gasteiger partial charge < -0.3 is 15.4 Å². The number of rotatable bonds is 5. The molecule has 0 heterocycles. The van der Waals surface area contributed by atoms with Crippen molar-refractivity contribution >= 4 is 23.2 Å². The topological polar surface area (TPSA) is 67.4 Å². The van der Waals surface area contributed by atoms with Crippen LogP contribution in [0.1, 0.15) is 29.8 Å². The minimum atomic E-state index is -0.607. The van der Waals surface area contributed by atoms with Crippen LogP contribution >= 0.6 is 0 Å². The number of aryl methyl sites for hydroxylation is 1. The van der Waals surface area contributed by atoms with Crippen LogP contribution in [-0.4, -0.2) is 18.9 Å². The van der Waals surface area contributed by atoms with Crippen LogP contribution < -0.4 is 15.4 Å². The molecule has 2 aromatic carbocycles. The summed E-state index contributed by atoms with van der Waals surface area (Å²) < 4.78 is 18.6. The molecular formula is C19H21FN2O3. The predicted octanol–water partition coefficient (Wildman–Crippen LogP) is 3.99. The van der Waals surface area contributed by atoms with E-state index < -0.39 is 11.7 Å². The fourth-order valence-corrected chi connectivity index (χ4v) is 2.12. The smallest absolute Gasteiger partial charge is 0.255 e. The molecule has 0 aliphatic rings. The average Bonchev–Trinajstić information content (AvgIpc) is 2.57. The zero-order valence-electron chi connectivity index (χ0n) is 14.6. The summed E-state index contributed by atoms with van der Waals surface area (Å²) in [5.41, 5.74) is 2.13. The van der Waals surface area contributed by atoms with Gasteiger partial charge in [0.25, 0.3) is 5.91 Å². The molecule has 0 aliphatic carbocycles. The van der Waals surface area contributed by atoms with Crippen LogP contribution in [0.5, 0.6) is 5.75 Å². The number of methoxy groups -OCH3 is 1. The molecule has 0 aromatic heterocycles. The van der Waals surface area contributed by atoms with Gasteiger partial charge in [-0.05, 0) is 42.8 Å². The van der Waals surface area contributed by atoms with E-state index in [-0.39, 0.29) is 23.1 Å². The third-order valence-corrected chi connectivity index (χ3v) is 3.69. The summed E-state index contributed by atoms with van der Waals surface area (Å²) in [4.78, 5) is 24.2. The van der Waals surface area contributed by atoms with Crippen LogP contribution in [0.3, 0.4) is 0 Å². The number of ether oxygens (including phenoxy) is 1. The van der Waals surface area contributed by atoms with Gasteiger partial charge in [-0.3, -0.25) is 9.59 Å². The molecule has 5 nitrogen and oxygen atoms in total. The number of hydrogen-bond acceptors (Lipinski definition) is 3. The molecule has 0 spiro atoms. The highest BCUT2D eigenvalue weighted by Crippen LogP contribution is 2.23. The van der Waals surface area contributed by atoms with E-state index in [1.807, 2.05) is 6.92 Å². The summed E-state index contributed by atoms with van der Waals surface area (Å²) in [7, 11) is 1.36. The van der Waals surface area contributed by atoms with E-state index in [1.165, 1.54) is 19.2 Å². The lowest BCUT2D eigenvalue weighted by molar-refractivity contribution is -0.118. The van der Waals surface area contributed by atoms with Crippen LogP contribution in [-0.2, 0) is 4.79 Å². The Labute approximate surface area is 146 Å². The van der Waals surface area contributed by atoms with E-state index in [4.69, 9.17) is 4.74 Å². The Morgan fingerprint density at radius 1 is 1.08 bits per heavy atom. The van der Waals surface area contributed by atoms with Crippen molar-refractivity contribution in [1.29, 1.82) is 0 Å². The lowest BCUT2D eigenvalue weighted by atomic mass is 10.1. The monoisotopic (exact) mass is 344 g/mol. The van der Waals surface area contributed by atoms with Crippen molar-refractivity contribution in [2.45, 2.75) is 20.8 Å². The van der Waals surface area contributed by atoms with Crippen molar-refractivity contribution in [3.63, 3.8) is 0 Å². The van der Waals surface area contributed by atoms with Crippen molar-refractivity contribution in [1.82, 2.24) is 0 Å². The molecule has 2 N–H and O–H groups in total. The summed E-state index contributed by atoms with van der Waals surface area (Å²) in [6.07, 6.45) is 0. The lowest BCUT2D eigenvalue weighted by Gasteiger charge is -2.13. The normalized spacial score (nSPS) is 10.5. The van der Waals surface area contributed by atoms with Crippen molar-refractivity contribution in [2.24, 2.45) is 5.92 Å². The summed E-state index contributed by atoms with van der Waals surface area (Å²) in [6, 6.07) is 9.23. The minimum absolute atomic E-state index is 0.0751. The van der Waals surface area contributed by atoms with E-state index in [2.05, 4.69) is 10.6 Å². The Kier molecular flexibility index (Phi) is 5.75. The molecule has 0 saturated heterocycles. The fourth-order valence-electron chi connectivity index (χ4n) is 2.12. The summed E-state index contributed by atoms with van der Waals surface area (Å²) in [5, 5.41) is 5.52. The van der Waals surface area contributed by atoms with E-state index in [0.29, 0.717) is 11.4 Å². The maximum atomic E-state index is 13.8. The second-order valence-electron chi connectivity index (χ2n) is 5.98. The van der Waals surface area contributed by atoms with Crippen molar-refractivity contribution < 1.29 is 18.7 Å². The van der Waals surface area contributed by atoms with Crippen molar-refractivity contribution in [3.05, 3.63) is 53.3 Å². The third kappa shape index (κ3) is 4.56. The first-order valence-electron chi connectivity index (χ1n) is 7.88. The Hall–Kier alpha value is -2.89. The molecule has 6 heteroatoms. The molecule has 0 radical (unpaired) electrons. The largest absolute Gasteiger partial charge is 0.494 e. The molecule has 0 fully saturated rings. The van der Waals surface area contributed by atoms with Gasteiger partial charge in [0.05, 0.1) is 7.11 Å². The molecule has 25 heavy (non-hydrogen) atoms. The highest BCUT2D eigenvalue weighted by Gasteiger charge is 2.13. The van der Waals surface area contributed by atoms with Crippen molar-refractivity contribution in [2.75, 3.05) is 17.7 Å². The van der Waals surface area contributed by atoms with Gasteiger partial charge in [0, 0.05) is 22.9 Å². The molecule has 0 atom stereocenters. The predicted molar refractivity (Wildman–Crippen MR) is 95.6 cm³/mol. The highest BCUT2D eigenvalue weighted by molar-refractivity contribution is 6.05. The number of hydrogen-bond donors (Lipinski definition) is 2. The number of anilines is 2. The van der Waals surface area contributed by atoms with Crippen LogP contribution in [0.25, 0.3) is 0 Å². The summed E-state index contributed by atoms with van der Waals surface area (Å²) >= 11 is 0. The lowest BCUT2D eigenvalue weighted by Crippen LogP contribution is -2.18. The third-order valence-electron chi connectivity index (χ3n) is 3.69. The number of amides is 2. The minimum Gasteiger partial charge on any atom is -0.494 e. The Morgan fingerprint density at radius 3 is 2.40 bits per heavy atom. The Bertz CT molecular complexity index is 803. The van der Waals surface area contributed by atoms with Gasteiger partial charge >= 0.3 is 0 Å². The van der Waals surface area contributed by atoms with E-state index in [9.17, 15) is 14.0 Å². The van der Waals surface area contributed by atoms with E-state index in [1.54, 1.807) is 32.0 Å². The zero-order chi connectivity index (χ0) is 18.6. The SMILES string of the molecule is COc1ccc(C(=O)Nc2cc(NC(=O)C(C)C)ccc2C)cc1F. The maximum Gasteiger partial charge on any atom is 0.255 e. The van der Waals surface area contributed by atoms with Gasteiger partial charge in [-0.1, -0.05) is 19.9 Å². The number of carbonyl (C=O) groups excluding carboxylic acids is 2. The first kappa shape index (κ1) is 18.4. The van der Waals surface area contributed by atoms with Gasteiger partial charge in [0.1, 0.15) is 0 Å². The van der Waals surface area contributed by atoms with E-state index >= 15 is 0 Å². The standard InChI is InChI=1S/C19H21FN2O3/c1-11(2)18(23)21-14-7-5-12(3)16(10-14)22-19(24)13-6-8-17(25-4)15(20)9-13/h5-11H,1-4H3,(H,21,23)(H,22,24). The molecule has 0 unspecified atom stereocenters.